The van der Waals surface area contributed by atoms with Gasteiger partial charge in [-0.15, -0.1) is 0 Å². The van der Waals surface area contributed by atoms with Crippen LogP contribution < -0.4 is 11.1 Å². The van der Waals surface area contributed by atoms with E-state index in [1.54, 1.807) is 6.20 Å². The van der Waals surface area contributed by atoms with E-state index in [4.69, 9.17) is 14.8 Å². The lowest BCUT2D eigenvalue weighted by molar-refractivity contribution is 0.0996. The third-order valence-electron chi connectivity index (χ3n) is 2.75. The van der Waals surface area contributed by atoms with Crippen LogP contribution in [0.2, 0.25) is 0 Å². The molecule has 1 amide bonds. The molecule has 106 valence electrons. The third-order valence-corrected chi connectivity index (χ3v) is 4.77. The molecular formula is C11H19N4O3P. The van der Waals surface area contributed by atoms with E-state index in [1.807, 2.05) is 18.4 Å². The summed E-state index contributed by atoms with van der Waals surface area (Å²) in [6.07, 6.45) is 2.54. The molecule has 0 aliphatic carbocycles. The van der Waals surface area contributed by atoms with Gasteiger partial charge in [0.1, 0.15) is 11.5 Å². The molecule has 3 N–H and O–H groups in total. The van der Waals surface area contributed by atoms with Crippen molar-refractivity contribution in [3.05, 3.63) is 11.9 Å². The van der Waals surface area contributed by atoms with Gasteiger partial charge in [0.05, 0.1) is 13.2 Å². The van der Waals surface area contributed by atoms with Gasteiger partial charge < -0.3 is 24.7 Å². The van der Waals surface area contributed by atoms with Crippen molar-refractivity contribution in [3.8, 4) is 0 Å². The number of amides is 1. The van der Waals surface area contributed by atoms with Crippen molar-refractivity contribution in [3.63, 3.8) is 0 Å². The van der Waals surface area contributed by atoms with Crippen LogP contribution >= 0.6 is 8.38 Å². The molecule has 8 heteroatoms. The summed E-state index contributed by atoms with van der Waals surface area (Å²) in [6.45, 7) is 5.86. The molecule has 0 bridgehead atoms. The number of aromatic nitrogens is 2. The average Bonchev–Trinajstić information content (AvgIpc) is 2.82. The maximum Gasteiger partial charge on any atom is 0.268 e. The minimum atomic E-state index is -1.04. The number of nitrogens with zero attached hydrogens (tertiary/aromatic N) is 2. The first kappa shape index (κ1) is 14.2. The molecule has 0 fully saturated rings. The second-order valence-corrected chi connectivity index (χ2v) is 5.72. The van der Waals surface area contributed by atoms with Gasteiger partial charge in [0.15, 0.2) is 8.38 Å². The highest BCUT2D eigenvalue weighted by atomic mass is 31.2. The highest BCUT2D eigenvalue weighted by Crippen LogP contribution is 2.53. The molecule has 1 unspecified atom stereocenters. The number of carbonyl (C=O) groups is 1. The predicted molar refractivity (Wildman–Crippen MR) is 73.1 cm³/mol. The average molecular weight is 286 g/mol. The molecule has 2 heterocycles. The van der Waals surface area contributed by atoms with Gasteiger partial charge in [-0.05, 0) is 20.3 Å². The smallest absolute Gasteiger partial charge is 0.268 e. The minimum absolute atomic E-state index is 0.0618. The second kappa shape index (κ2) is 6.32. The van der Waals surface area contributed by atoms with Gasteiger partial charge in [0.2, 0.25) is 5.95 Å². The lowest BCUT2D eigenvalue weighted by Crippen LogP contribution is -2.22. The monoisotopic (exact) mass is 286 g/mol. The number of hydrogen-bond acceptors (Lipinski definition) is 5. The number of carbonyl (C=O) groups excluding carboxylic acids is 1. The van der Waals surface area contributed by atoms with Crippen LogP contribution in [0.1, 0.15) is 36.5 Å². The lowest BCUT2D eigenvalue weighted by atomic mass is 10.3. The molecule has 19 heavy (non-hydrogen) atoms. The number of rotatable bonds is 6. The Labute approximate surface area is 113 Å². The molecule has 2 rings (SSSR count). The van der Waals surface area contributed by atoms with E-state index in [2.05, 4.69) is 10.3 Å². The van der Waals surface area contributed by atoms with Crippen molar-refractivity contribution >= 4 is 20.2 Å². The molecule has 7 nitrogen and oxygen atoms in total. The summed E-state index contributed by atoms with van der Waals surface area (Å²) in [7, 11) is -1.04. The van der Waals surface area contributed by atoms with Crippen LogP contribution in [0.5, 0.6) is 0 Å². The van der Waals surface area contributed by atoms with Crippen molar-refractivity contribution in [2.45, 2.75) is 26.1 Å². The number of nitrogens with two attached hydrogens (primary N) is 1. The van der Waals surface area contributed by atoms with Crippen molar-refractivity contribution < 1.29 is 13.8 Å². The maximum absolute atomic E-state index is 11.2. The summed E-state index contributed by atoms with van der Waals surface area (Å²) in [6, 6.07) is 0. The molecule has 1 atom stereocenters. The molecule has 1 aliphatic rings. The number of imidazole rings is 1. The maximum atomic E-state index is 11.2. The molecule has 1 aromatic heterocycles. The third kappa shape index (κ3) is 3.05. The van der Waals surface area contributed by atoms with Crippen molar-refractivity contribution in [2.24, 2.45) is 5.73 Å². The topological polar surface area (TPSA) is 91.4 Å². The highest BCUT2D eigenvalue weighted by molar-refractivity contribution is 7.47. The van der Waals surface area contributed by atoms with Crippen molar-refractivity contribution in [2.75, 3.05) is 25.1 Å². The zero-order valence-corrected chi connectivity index (χ0v) is 12.0. The Kier molecular flexibility index (Phi) is 4.74. The minimum Gasteiger partial charge on any atom is -0.364 e. The normalized spacial score (nSPS) is 18.2. The SMILES string of the molecule is CCOP(OCC)C1CCNc2nc(C(N)=O)cn21. The van der Waals surface area contributed by atoms with Crippen LogP contribution in [-0.2, 0) is 9.05 Å². The fourth-order valence-electron chi connectivity index (χ4n) is 1.99. The van der Waals surface area contributed by atoms with Gasteiger partial charge in [-0.25, -0.2) is 4.98 Å². The largest absolute Gasteiger partial charge is 0.364 e. The van der Waals surface area contributed by atoms with E-state index in [0.29, 0.717) is 19.2 Å². The summed E-state index contributed by atoms with van der Waals surface area (Å²) in [5.41, 5.74) is 5.53. The summed E-state index contributed by atoms with van der Waals surface area (Å²) in [5, 5.41) is 3.15. The number of fused-ring (bicyclic) bond motifs is 1. The van der Waals surface area contributed by atoms with Gasteiger partial charge in [-0.2, -0.15) is 0 Å². The fourth-order valence-corrected chi connectivity index (χ4v) is 3.64. The predicted octanol–water partition coefficient (Wildman–Crippen LogP) is 1.68. The summed E-state index contributed by atoms with van der Waals surface area (Å²) < 4.78 is 13.3. The van der Waals surface area contributed by atoms with E-state index in [0.717, 1.165) is 13.0 Å². The first-order valence-electron chi connectivity index (χ1n) is 6.35. The quantitative estimate of drug-likeness (QED) is 0.776. The molecular weight excluding hydrogens is 267 g/mol. The van der Waals surface area contributed by atoms with Crippen molar-refractivity contribution in [1.29, 1.82) is 0 Å². The van der Waals surface area contributed by atoms with Gasteiger partial charge in [0.25, 0.3) is 5.91 Å². The van der Waals surface area contributed by atoms with Crippen LogP contribution in [0.15, 0.2) is 6.20 Å². The number of anilines is 1. The molecule has 0 saturated carbocycles. The summed E-state index contributed by atoms with van der Waals surface area (Å²) >= 11 is 0. The molecule has 1 aromatic rings. The van der Waals surface area contributed by atoms with Gasteiger partial charge in [-0.1, -0.05) is 0 Å². The first-order chi connectivity index (χ1) is 9.17. The number of hydrogen-bond donors (Lipinski definition) is 2. The summed E-state index contributed by atoms with van der Waals surface area (Å²) in [4.78, 5) is 15.4. The van der Waals surface area contributed by atoms with Crippen molar-refractivity contribution in [1.82, 2.24) is 9.55 Å². The Morgan fingerprint density at radius 2 is 2.26 bits per heavy atom. The Morgan fingerprint density at radius 1 is 1.58 bits per heavy atom. The Morgan fingerprint density at radius 3 is 2.84 bits per heavy atom. The van der Waals surface area contributed by atoms with Crippen LogP contribution in [0.3, 0.4) is 0 Å². The Hall–Kier alpha value is -1.17. The van der Waals surface area contributed by atoms with E-state index in [1.165, 1.54) is 0 Å². The highest BCUT2D eigenvalue weighted by Gasteiger charge is 2.31. The molecule has 0 aromatic carbocycles. The van der Waals surface area contributed by atoms with E-state index < -0.39 is 14.3 Å². The number of primary amides is 1. The fraction of sp³-hybridized carbons (Fsp3) is 0.636. The lowest BCUT2D eigenvalue weighted by Gasteiger charge is -2.31. The van der Waals surface area contributed by atoms with E-state index in [-0.39, 0.29) is 11.5 Å². The van der Waals surface area contributed by atoms with Crippen LogP contribution in [-0.4, -0.2) is 35.2 Å². The van der Waals surface area contributed by atoms with Gasteiger partial charge >= 0.3 is 0 Å². The van der Waals surface area contributed by atoms with Gasteiger partial charge in [-0.3, -0.25) is 4.79 Å². The van der Waals surface area contributed by atoms with Crippen LogP contribution in [0, 0.1) is 0 Å². The first-order valence-corrected chi connectivity index (χ1v) is 7.59. The van der Waals surface area contributed by atoms with Crippen LogP contribution in [0.4, 0.5) is 5.95 Å². The second-order valence-electron chi connectivity index (χ2n) is 4.04. The van der Waals surface area contributed by atoms with E-state index in [9.17, 15) is 4.79 Å². The standard InChI is InChI=1S/C11H19N4O3P/c1-3-17-19(18-4-2)9-5-6-13-11-14-8(10(12)16)7-15(9)11/h7,9H,3-6H2,1-2H3,(H2,12,16)(H,13,14). The molecule has 1 aliphatic heterocycles. The Bertz CT molecular complexity index is 445. The zero-order valence-electron chi connectivity index (χ0n) is 11.1. The zero-order chi connectivity index (χ0) is 13.8. The number of nitrogens with one attached hydrogen (secondary N) is 1. The van der Waals surface area contributed by atoms with Gasteiger partial charge in [0, 0.05) is 12.7 Å². The van der Waals surface area contributed by atoms with Crippen LogP contribution in [0.25, 0.3) is 0 Å². The molecule has 0 radical (unpaired) electrons. The van der Waals surface area contributed by atoms with E-state index >= 15 is 0 Å². The molecule has 0 saturated heterocycles. The Balaban J connectivity index is 2.26. The summed E-state index contributed by atoms with van der Waals surface area (Å²) in [5.74, 6) is 0.184. The molecule has 0 spiro atoms.